The molecule has 5 heteroatoms. The predicted octanol–water partition coefficient (Wildman–Crippen LogP) is 6.07. The molecule has 3 aromatic carbocycles. The minimum Gasteiger partial charge on any atom is -0.379 e. The highest BCUT2D eigenvalue weighted by Crippen LogP contribution is 2.37. The first-order chi connectivity index (χ1) is 14.1. The van der Waals surface area contributed by atoms with Gasteiger partial charge in [-0.1, -0.05) is 80.9 Å². The Morgan fingerprint density at radius 3 is 2.00 bits per heavy atom. The van der Waals surface area contributed by atoms with Crippen molar-refractivity contribution in [1.29, 1.82) is 0 Å². The Labute approximate surface area is 179 Å². The van der Waals surface area contributed by atoms with Crippen molar-refractivity contribution in [3.05, 3.63) is 95.6 Å². The van der Waals surface area contributed by atoms with Gasteiger partial charge in [0.25, 0.3) is 0 Å². The number of rotatable bonds is 7. The van der Waals surface area contributed by atoms with Crippen molar-refractivity contribution in [3.8, 4) is 5.75 Å². The zero-order valence-electron chi connectivity index (χ0n) is 17.8. The van der Waals surface area contributed by atoms with Gasteiger partial charge >= 0.3 is 10.1 Å². The molecule has 0 aromatic heterocycles. The lowest BCUT2D eigenvalue weighted by atomic mass is 9.84. The van der Waals surface area contributed by atoms with Crippen LogP contribution in [0.4, 0.5) is 0 Å². The standard InChI is InChI=1S/C25H28O4S/c1-19-10-16-23(17-11-19)30(26,27)29-22-14-12-21(13-15-22)24(25(2,3)4)28-18-20-8-6-5-7-9-20/h5-17,24H,18H2,1-4H3. The highest BCUT2D eigenvalue weighted by atomic mass is 32.2. The Kier molecular flexibility index (Phi) is 6.64. The van der Waals surface area contributed by atoms with Gasteiger partial charge in [0.1, 0.15) is 10.6 Å². The zero-order valence-corrected chi connectivity index (χ0v) is 18.6. The van der Waals surface area contributed by atoms with Crippen LogP contribution >= 0.6 is 0 Å². The minimum atomic E-state index is -3.87. The summed E-state index contributed by atoms with van der Waals surface area (Å²) in [5, 5.41) is 0. The van der Waals surface area contributed by atoms with Crippen molar-refractivity contribution >= 4 is 10.1 Å². The lowest BCUT2D eigenvalue weighted by Gasteiger charge is -2.31. The highest BCUT2D eigenvalue weighted by Gasteiger charge is 2.27. The predicted molar refractivity (Wildman–Crippen MR) is 119 cm³/mol. The second kappa shape index (κ2) is 9.02. The van der Waals surface area contributed by atoms with Crippen molar-refractivity contribution in [2.24, 2.45) is 5.41 Å². The first-order valence-corrected chi connectivity index (χ1v) is 11.3. The normalized spacial score (nSPS) is 13.1. The Balaban J connectivity index is 1.75. The molecule has 1 atom stereocenters. The monoisotopic (exact) mass is 424 g/mol. The molecule has 0 saturated heterocycles. The van der Waals surface area contributed by atoms with Crippen molar-refractivity contribution in [3.63, 3.8) is 0 Å². The van der Waals surface area contributed by atoms with E-state index in [-0.39, 0.29) is 22.2 Å². The molecule has 1 unspecified atom stereocenters. The average Bonchev–Trinajstić information content (AvgIpc) is 2.69. The zero-order chi connectivity index (χ0) is 21.8. The van der Waals surface area contributed by atoms with Crippen LogP contribution < -0.4 is 4.18 Å². The smallest absolute Gasteiger partial charge is 0.339 e. The van der Waals surface area contributed by atoms with Gasteiger partial charge in [-0.3, -0.25) is 0 Å². The van der Waals surface area contributed by atoms with Crippen LogP contribution in [0.15, 0.2) is 83.8 Å². The fraction of sp³-hybridized carbons (Fsp3) is 0.280. The van der Waals surface area contributed by atoms with Crippen LogP contribution in [0.3, 0.4) is 0 Å². The number of benzene rings is 3. The van der Waals surface area contributed by atoms with Gasteiger partial charge in [0, 0.05) is 0 Å². The number of aryl methyl sites for hydroxylation is 1. The second-order valence-electron chi connectivity index (χ2n) is 8.46. The fourth-order valence-corrected chi connectivity index (χ4v) is 4.11. The van der Waals surface area contributed by atoms with Gasteiger partial charge in [-0.2, -0.15) is 8.42 Å². The summed E-state index contributed by atoms with van der Waals surface area (Å²) in [4.78, 5) is 0.135. The van der Waals surface area contributed by atoms with Crippen molar-refractivity contribution in [2.45, 2.75) is 45.3 Å². The molecule has 0 heterocycles. The summed E-state index contributed by atoms with van der Waals surface area (Å²) in [7, 11) is -3.87. The molecule has 3 rings (SSSR count). The van der Waals surface area contributed by atoms with Crippen LogP contribution in [0.1, 0.15) is 43.6 Å². The molecule has 4 nitrogen and oxygen atoms in total. The third-order valence-corrected chi connectivity index (χ3v) is 6.01. The van der Waals surface area contributed by atoms with Gasteiger partial charge in [-0.25, -0.2) is 0 Å². The Morgan fingerprint density at radius 1 is 0.833 bits per heavy atom. The summed E-state index contributed by atoms with van der Waals surface area (Å²) < 4.78 is 36.6. The molecule has 0 N–H and O–H groups in total. The number of hydrogen-bond acceptors (Lipinski definition) is 4. The molecule has 0 amide bonds. The lowest BCUT2D eigenvalue weighted by Crippen LogP contribution is -2.21. The maximum atomic E-state index is 12.5. The number of ether oxygens (including phenoxy) is 1. The molecule has 0 fully saturated rings. The third kappa shape index (κ3) is 5.71. The summed E-state index contributed by atoms with van der Waals surface area (Å²) in [5.41, 5.74) is 2.93. The van der Waals surface area contributed by atoms with Gasteiger partial charge in [-0.15, -0.1) is 0 Å². The van der Waals surface area contributed by atoms with E-state index in [1.165, 1.54) is 0 Å². The summed E-state index contributed by atoms with van der Waals surface area (Å²) >= 11 is 0. The summed E-state index contributed by atoms with van der Waals surface area (Å²) in [6, 6.07) is 23.7. The van der Waals surface area contributed by atoms with Crippen LogP contribution in [-0.2, 0) is 21.5 Å². The van der Waals surface area contributed by atoms with Gasteiger partial charge in [0.05, 0.1) is 12.7 Å². The fourth-order valence-electron chi connectivity index (χ4n) is 3.18. The maximum absolute atomic E-state index is 12.5. The van der Waals surface area contributed by atoms with E-state index in [9.17, 15) is 8.42 Å². The van der Waals surface area contributed by atoms with E-state index >= 15 is 0 Å². The van der Waals surface area contributed by atoms with Crippen molar-refractivity contribution in [1.82, 2.24) is 0 Å². The van der Waals surface area contributed by atoms with E-state index in [4.69, 9.17) is 8.92 Å². The van der Waals surface area contributed by atoms with E-state index < -0.39 is 10.1 Å². The van der Waals surface area contributed by atoms with E-state index in [1.54, 1.807) is 36.4 Å². The first kappa shape index (κ1) is 22.1. The van der Waals surface area contributed by atoms with E-state index in [0.29, 0.717) is 6.61 Å². The van der Waals surface area contributed by atoms with Crippen LogP contribution in [0.25, 0.3) is 0 Å². The Hall–Kier alpha value is -2.63. The van der Waals surface area contributed by atoms with Crippen molar-refractivity contribution in [2.75, 3.05) is 0 Å². The van der Waals surface area contributed by atoms with E-state index in [2.05, 4.69) is 20.8 Å². The molecule has 0 bridgehead atoms. The van der Waals surface area contributed by atoms with E-state index in [0.717, 1.165) is 16.7 Å². The third-order valence-electron chi connectivity index (χ3n) is 4.74. The van der Waals surface area contributed by atoms with Gasteiger partial charge < -0.3 is 8.92 Å². The molecule has 0 spiro atoms. The average molecular weight is 425 g/mol. The molecular formula is C25H28O4S. The van der Waals surface area contributed by atoms with Crippen LogP contribution in [-0.4, -0.2) is 8.42 Å². The topological polar surface area (TPSA) is 52.6 Å². The minimum absolute atomic E-state index is 0.134. The largest absolute Gasteiger partial charge is 0.379 e. The molecular weight excluding hydrogens is 396 g/mol. The molecule has 0 aliphatic rings. The first-order valence-electron chi connectivity index (χ1n) is 9.92. The van der Waals surface area contributed by atoms with Gasteiger partial charge in [0.15, 0.2) is 0 Å². The van der Waals surface area contributed by atoms with Crippen molar-refractivity contribution < 1.29 is 17.3 Å². The molecule has 0 aliphatic carbocycles. The number of hydrogen-bond donors (Lipinski definition) is 0. The maximum Gasteiger partial charge on any atom is 0.339 e. The Morgan fingerprint density at radius 2 is 1.43 bits per heavy atom. The lowest BCUT2D eigenvalue weighted by molar-refractivity contribution is -0.0304. The SMILES string of the molecule is Cc1ccc(S(=O)(=O)Oc2ccc(C(OCc3ccccc3)C(C)(C)C)cc2)cc1. The molecule has 3 aromatic rings. The van der Waals surface area contributed by atoms with Crippen LogP contribution in [0.2, 0.25) is 0 Å². The van der Waals surface area contributed by atoms with Crippen LogP contribution in [0.5, 0.6) is 5.75 Å². The van der Waals surface area contributed by atoms with Gasteiger partial charge in [0.2, 0.25) is 0 Å². The quantitative estimate of drug-likeness (QED) is 0.432. The molecule has 0 aliphatic heterocycles. The van der Waals surface area contributed by atoms with Crippen LogP contribution in [0, 0.1) is 12.3 Å². The van der Waals surface area contributed by atoms with Gasteiger partial charge in [-0.05, 0) is 47.7 Å². The molecule has 0 saturated carbocycles. The Bertz CT molecular complexity index is 1050. The van der Waals surface area contributed by atoms with E-state index in [1.807, 2.05) is 49.4 Å². The summed E-state index contributed by atoms with van der Waals surface area (Å²) in [5.74, 6) is 0.273. The molecule has 158 valence electrons. The molecule has 30 heavy (non-hydrogen) atoms. The molecule has 0 radical (unpaired) electrons. The second-order valence-corrected chi connectivity index (χ2v) is 10.0. The highest BCUT2D eigenvalue weighted by molar-refractivity contribution is 7.87. The summed E-state index contributed by atoms with van der Waals surface area (Å²) in [6.07, 6.45) is -0.152. The summed E-state index contributed by atoms with van der Waals surface area (Å²) in [6.45, 7) is 8.77.